The second kappa shape index (κ2) is 5.81. The van der Waals surface area contributed by atoms with Crippen LogP contribution in [0.3, 0.4) is 0 Å². The zero-order valence-corrected chi connectivity index (χ0v) is 14.2. The number of hydrogen-bond donors (Lipinski definition) is 2. The fraction of sp³-hybridized carbons (Fsp3) is 0.444. The van der Waals surface area contributed by atoms with Crippen LogP contribution in [-0.4, -0.2) is 34.6 Å². The van der Waals surface area contributed by atoms with E-state index in [2.05, 4.69) is 48.2 Å². The molecule has 3 rings (SSSR count). The molecule has 1 aromatic carbocycles. The molecule has 1 aliphatic rings. The van der Waals surface area contributed by atoms with Gasteiger partial charge in [0, 0.05) is 24.2 Å². The Balaban J connectivity index is 1.75. The van der Waals surface area contributed by atoms with Crippen LogP contribution in [0.4, 0.5) is 5.82 Å². The van der Waals surface area contributed by atoms with Crippen LogP contribution >= 0.6 is 0 Å². The summed E-state index contributed by atoms with van der Waals surface area (Å²) >= 11 is 0. The number of amides is 1. The quantitative estimate of drug-likeness (QED) is 0.896. The summed E-state index contributed by atoms with van der Waals surface area (Å²) in [7, 11) is 2.08. The van der Waals surface area contributed by atoms with E-state index in [1.54, 1.807) is 0 Å². The van der Waals surface area contributed by atoms with E-state index in [0.717, 1.165) is 30.8 Å². The zero-order chi connectivity index (χ0) is 16.6. The van der Waals surface area contributed by atoms with Crippen molar-refractivity contribution in [3.8, 4) is 0 Å². The monoisotopic (exact) mass is 312 g/mol. The van der Waals surface area contributed by atoms with Crippen molar-refractivity contribution in [1.29, 1.82) is 0 Å². The first-order chi connectivity index (χ1) is 10.8. The van der Waals surface area contributed by atoms with Crippen LogP contribution < -0.4 is 5.32 Å². The van der Waals surface area contributed by atoms with Gasteiger partial charge < -0.3 is 10.2 Å². The number of carbonyl (C=O) groups excluding carboxylic acids is 1. The van der Waals surface area contributed by atoms with Gasteiger partial charge in [-0.1, -0.05) is 32.9 Å². The lowest BCUT2D eigenvalue weighted by atomic mass is 9.87. The van der Waals surface area contributed by atoms with Gasteiger partial charge in [-0.2, -0.15) is 5.10 Å². The van der Waals surface area contributed by atoms with Gasteiger partial charge in [0.1, 0.15) is 0 Å². The van der Waals surface area contributed by atoms with E-state index in [1.165, 1.54) is 5.56 Å². The standard InChI is InChI=1S/C18H24N4O/c1-18(2,3)13-7-5-12(6-8-13)17(23)19-16-14-9-10-22(4)11-15(14)20-21-16/h5-8H,9-11H2,1-4H3,(H2,19,20,21,23). The summed E-state index contributed by atoms with van der Waals surface area (Å²) in [5, 5.41) is 10.2. The number of benzene rings is 1. The fourth-order valence-electron chi connectivity index (χ4n) is 2.86. The van der Waals surface area contributed by atoms with Crippen LogP contribution in [0.2, 0.25) is 0 Å². The van der Waals surface area contributed by atoms with E-state index in [9.17, 15) is 4.79 Å². The van der Waals surface area contributed by atoms with Crippen molar-refractivity contribution in [2.45, 2.75) is 39.2 Å². The summed E-state index contributed by atoms with van der Waals surface area (Å²) in [5.74, 6) is 0.552. The van der Waals surface area contributed by atoms with Gasteiger partial charge in [-0.25, -0.2) is 0 Å². The molecule has 0 aliphatic carbocycles. The van der Waals surface area contributed by atoms with E-state index in [4.69, 9.17) is 0 Å². The molecule has 0 saturated heterocycles. The van der Waals surface area contributed by atoms with E-state index in [-0.39, 0.29) is 11.3 Å². The first kappa shape index (κ1) is 15.7. The van der Waals surface area contributed by atoms with E-state index in [0.29, 0.717) is 11.4 Å². The highest BCUT2D eigenvalue weighted by atomic mass is 16.1. The topological polar surface area (TPSA) is 61.0 Å². The predicted octanol–water partition coefficient (Wildman–Crippen LogP) is 2.95. The van der Waals surface area contributed by atoms with Crippen molar-refractivity contribution in [2.24, 2.45) is 0 Å². The van der Waals surface area contributed by atoms with Crippen LogP contribution in [0.25, 0.3) is 0 Å². The molecule has 2 aromatic rings. The molecule has 0 atom stereocenters. The van der Waals surface area contributed by atoms with Gasteiger partial charge in [0.15, 0.2) is 5.82 Å². The third-order valence-corrected chi connectivity index (χ3v) is 4.37. The Kier molecular flexibility index (Phi) is 3.98. The lowest BCUT2D eigenvalue weighted by Gasteiger charge is -2.22. The maximum atomic E-state index is 12.4. The number of anilines is 1. The molecule has 1 amide bonds. The minimum atomic E-state index is -0.112. The molecule has 1 aromatic heterocycles. The maximum Gasteiger partial charge on any atom is 0.256 e. The number of nitrogens with zero attached hydrogens (tertiary/aromatic N) is 2. The molecule has 5 heteroatoms. The summed E-state index contributed by atoms with van der Waals surface area (Å²) in [4.78, 5) is 14.7. The normalized spacial score (nSPS) is 15.3. The molecule has 0 fully saturated rings. The Morgan fingerprint density at radius 3 is 2.61 bits per heavy atom. The molecule has 0 unspecified atom stereocenters. The Morgan fingerprint density at radius 1 is 1.26 bits per heavy atom. The number of hydrogen-bond acceptors (Lipinski definition) is 3. The highest BCUT2D eigenvalue weighted by molar-refractivity contribution is 6.04. The maximum absolute atomic E-state index is 12.4. The van der Waals surface area contributed by atoms with Crippen LogP contribution in [0, 0.1) is 0 Å². The molecule has 0 spiro atoms. The summed E-state index contributed by atoms with van der Waals surface area (Å²) in [6.07, 6.45) is 0.904. The molecular formula is C18H24N4O. The summed E-state index contributed by atoms with van der Waals surface area (Å²) in [5.41, 5.74) is 4.18. The molecule has 23 heavy (non-hydrogen) atoms. The SMILES string of the molecule is CN1CCc2c(NC(=O)c3ccc(C(C)(C)C)cc3)n[nH]c2C1. The van der Waals surface area contributed by atoms with Gasteiger partial charge in [-0.05, 0) is 36.6 Å². The Morgan fingerprint density at radius 2 is 1.96 bits per heavy atom. The first-order valence-corrected chi connectivity index (χ1v) is 8.01. The molecular weight excluding hydrogens is 288 g/mol. The number of aromatic amines is 1. The minimum Gasteiger partial charge on any atom is -0.305 e. The van der Waals surface area contributed by atoms with Crippen molar-refractivity contribution in [3.05, 3.63) is 46.6 Å². The highest BCUT2D eigenvalue weighted by Gasteiger charge is 2.21. The molecule has 2 N–H and O–H groups in total. The predicted molar refractivity (Wildman–Crippen MR) is 91.7 cm³/mol. The van der Waals surface area contributed by atoms with Gasteiger partial charge in [0.05, 0.1) is 5.69 Å². The molecule has 122 valence electrons. The largest absolute Gasteiger partial charge is 0.305 e. The van der Waals surface area contributed by atoms with Crippen LogP contribution in [-0.2, 0) is 18.4 Å². The van der Waals surface area contributed by atoms with E-state index in [1.807, 2.05) is 24.3 Å². The van der Waals surface area contributed by atoms with Crippen molar-refractivity contribution < 1.29 is 4.79 Å². The molecule has 1 aliphatic heterocycles. The number of H-pyrrole nitrogens is 1. The second-order valence-corrected chi connectivity index (χ2v) is 7.30. The van der Waals surface area contributed by atoms with Gasteiger partial charge >= 0.3 is 0 Å². The molecule has 0 bridgehead atoms. The van der Waals surface area contributed by atoms with Crippen molar-refractivity contribution >= 4 is 11.7 Å². The number of likely N-dealkylation sites (N-methyl/N-ethyl adjacent to an activating group) is 1. The molecule has 0 radical (unpaired) electrons. The van der Waals surface area contributed by atoms with Crippen LogP contribution in [0.1, 0.15) is 48.0 Å². The van der Waals surface area contributed by atoms with Crippen molar-refractivity contribution in [1.82, 2.24) is 15.1 Å². The Bertz CT molecular complexity index is 710. The van der Waals surface area contributed by atoms with E-state index < -0.39 is 0 Å². The van der Waals surface area contributed by atoms with Gasteiger partial charge in [-0.3, -0.25) is 9.89 Å². The smallest absolute Gasteiger partial charge is 0.256 e. The molecule has 0 saturated carbocycles. The highest BCUT2D eigenvalue weighted by Crippen LogP contribution is 2.24. The summed E-state index contributed by atoms with van der Waals surface area (Å²) < 4.78 is 0. The van der Waals surface area contributed by atoms with Crippen molar-refractivity contribution in [3.63, 3.8) is 0 Å². The summed E-state index contributed by atoms with van der Waals surface area (Å²) in [6, 6.07) is 7.79. The third kappa shape index (κ3) is 3.29. The Labute approximate surface area is 137 Å². The van der Waals surface area contributed by atoms with Crippen LogP contribution in [0.5, 0.6) is 0 Å². The zero-order valence-electron chi connectivity index (χ0n) is 14.2. The molecule has 2 heterocycles. The van der Waals surface area contributed by atoms with Crippen molar-refractivity contribution in [2.75, 3.05) is 18.9 Å². The van der Waals surface area contributed by atoms with Crippen LogP contribution in [0.15, 0.2) is 24.3 Å². The first-order valence-electron chi connectivity index (χ1n) is 8.01. The lowest BCUT2D eigenvalue weighted by Crippen LogP contribution is -2.26. The minimum absolute atomic E-state index is 0.0856. The second-order valence-electron chi connectivity index (χ2n) is 7.30. The number of rotatable bonds is 2. The Hall–Kier alpha value is -2.14. The number of fused-ring (bicyclic) bond motifs is 1. The van der Waals surface area contributed by atoms with Gasteiger partial charge in [0.2, 0.25) is 0 Å². The lowest BCUT2D eigenvalue weighted by molar-refractivity contribution is 0.102. The fourth-order valence-corrected chi connectivity index (χ4v) is 2.86. The number of nitrogens with one attached hydrogen (secondary N) is 2. The average molecular weight is 312 g/mol. The number of aromatic nitrogens is 2. The van der Waals surface area contributed by atoms with E-state index >= 15 is 0 Å². The van der Waals surface area contributed by atoms with Gasteiger partial charge in [0.25, 0.3) is 5.91 Å². The molecule has 5 nitrogen and oxygen atoms in total. The third-order valence-electron chi connectivity index (χ3n) is 4.37. The average Bonchev–Trinajstić information content (AvgIpc) is 2.88. The van der Waals surface area contributed by atoms with Gasteiger partial charge in [-0.15, -0.1) is 0 Å². The summed E-state index contributed by atoms with van der Waals surface area (Å²) in [6.45, 7) is 8.31. The number of carbonyl (C=O) groups is 1.